The molecule has 1 saturated heterocycles. The van der Waals surface area contributed by atoms with Crippen molar-refractivity contribution in [3.8, 4) is 23.3 Å². The van der Waals surface area contributed by atoms with E-state index in [1.54, 1.807) is 13.0 Å². The van der Waals surface area contributed by atoms with Crippen LogP contribution in [0.15, 0.2) is 46.2 Å². The number of hydrogen-bond donors (Lipinski definition) is 2. The first-order valence-corrected chi connectivity index (χ1v) is 15.3. The molecule has 0 atom stereocenters. The third-order valence-electron chi connectivity index (χ3n) is 8.51. The Morgan fingerprint density at radius 3 is 2.57 bits per heavy atom. The number of nitrogen functional groups attached to an aromatic ring is 1. The minimum absolute atomic E-state index is 0.0915. The van der Waals surface area contributed by atoms with Gasteiger partial charge in [-0.25, -0.2) is 14.2 Å². The number of pyridine rings is 1. The number of benzene rings is 1. The summed E-state index contributed by atoms with van der Waals surface area (Å²) in [6.45, 7) is 4.18. The molecule has 232 valence electrons. The molecule has 1 aliphatic heterocycles. The highest BCUT2D eigenvalue weighted by atomic mass is 19.1. The topological polar surface area (TPSA) is 124 Å². The minimum Gasteiger partial charge on any atom is -0.453 e. The van der Waals surface area contributed by atoms with Gasteiger partial charge < -0.3 is 20.7 Å². The number of likely N-dealkylation sites (tertiary alicyclic amines) is 1. The largest absolute Gasteiger partial charge is 0.453 e. The smallest absolute Gasteiger partial charge is 0.331 e. The zero-order chi connectivity index (χ0) is 31.2. The number of nitrogens with one attached hydrogen (secondary N) is 1. The molecule has 1 amide bonds. The Bertz CT molecular complexity index is 1690. The molecule has 3 aromatic rings. The molecule has 44 heavy (non-hydrogen) atoms. The maximum atomic E-state index is 15.2. The van der Waals surface area contributed by atoms with Crippen LogP contribution in [0.3, 0.4) is 0 Å². The summed E-state index contributed by atoms with van der Waals surface area (Å²) in [7, 11) is 2.12. The molecular formula is C33H39FN6O4. The molecule has 1 saturated carbocycles. The predicted octanol–water partition coefficient (Wildman–Crippen LogP) is 4.78. The van der Waals surface area contributed by atoms with Gasteiger partial charge in [-0.3, -0.25) is 18.7 Å². The Kier molecular flexibility index (Phi) is 9.80. The SMILES string of the molecule is CCn1cc(C(=O)Nc2ccc(Oc3ccnc(N)c3C#CCC3CCN(C)CC3)c(F)c2)c(=O)n(C2CCCCC2)c1=O. The van der Waals surface area contributed by atoms with Gasteiger partial charge in [-0.05, 0) is 70.8 Å². The van der Waals surface area contributed by atoms with E-state index in [9.17, 15) is 14.4 Å². The van der Waals surface area contributed by atoms with Gasteiger partial charge in [0.05, 0.1) is 0 Å². The number of carbonyl (C=O) groups excluding carboxylic acids is 1. The van der Waals surface area contributed by atoms with E-state index >= 15 is 4.39 Å². The second-order valence-electron chi connectivity index (χ2n) is 11.6. The van der Waals surface area contributed by atoms with E-state index in [-0.39, 0.29) is 34.6 Å². The molecule has 2 aliphatic rings. The number of nitrogens with zero attached hydrogens (tertiary/aromatic N) is 4. The first kappa shape index (κ1) is 31.0. The molecular weight excluding hydrogens is 563 g/mol. The van der Waals surface area contributed by atoms with E-state index in [0.717, 1.165) is 57.7 Å². The minimum atomic E-state index is -0.735. The van der Waals surface area contributed by atoms with E-state index in [4.69, 9.17) is 10.5 Å². The summed E-state index contributed by atoms with van der Waals surface area (Å²) in [5.74, 6) is 5.70. The Morgan fingerprint density at radius 1 is 1.11 bits per heavy atom. The normalized spacial score (nSPS) is 16.2. The number of anilines is 2. The Labute approximate surface area is 256 Å². The zero-order valence-corrected chi connectivity index (χ0v) is 25.3. The summed E-state index contributed by atoms with van der Waals surface area (Å²) in [6, 6.07) is 5.30. The monoisotopic (exact) mass is 602 g/mol. The van der Waals surface area contributed by atoms with Crippen molar-refractivity contribution in [1.82, 2.24) is 19.0 Å². The second kappa shape index (κ2) is 13.9. The van der Waals surface area contributed by atoms with Gasteiger partial charge in [0.25, 0.3) is 11.5 Å². The fourth-order valence-electron chi connectivity index (χ4n) is 5.86. The van der Waals surface area contributed by atoms with Crippen LogP contribution in [0.5, 0.6) is 11.5 Å². The third kappa shape index (κ3) is 7.03. The van der Waals surface area contributed by atoms with Crippen molar-refractivity contribution in [3.05, 3.63) is 74.4 Å². The first-order chi connectivity index (χ1) is 21.2. The van der Waals surface area contributed by atoms with Crippen molar-refractivity contribution >= 4 is 17.4 Å². The van der Waals surface area contributed by atoms with Gasteiger partial charge in [0, 0.05) is 49.2 Å². The van der Waals surface area contributed by atoms with Crippen LogP contribution in [0.25, 0.3) is 0 Å². The molecule has 10 nitrogen and oxygen atoms in total. The van der Waals surface area contributed by atoms with Gasteiger partial charge >= 0.3 is 5.69 Å². The van der Waals surface area contributed by atoms with Crippen LogP contribution >= 0.6 is 0 Å². The van der Waals surface area contributed by atoms with Crippen molar-refractivity contribution in [2.24, 2.45) is 5.92 Å². The lowest BCUT2D eigenvalue weighted by Gasteiger charge is -2.27. The van der Waals surface area contributed by atoms with Crippen molar-refractivity contribution in [2.75, 3.05) is 31.2 Å². The Morgan fingerprint density at radius 2 is 1.86 bits per heavy atom. The summed E-state index contributed by atoms with van der Waals surface area (Å²) < 4.78 is 23.7. The van der Waals surface area contributed by atoms with E-state index < -0.39 is 23.0 Å². The maximum Gasteiger partial charge on any atom is 0.331 e. The van der Waals surface area contributed by atoms with Crippen molar-refractivity contribution in [3.63, 3.8) is 0 Å². The highest BCUT2D eigenvalue weighted by Gasteiger charge is 2.24. The quantitative estimate of drug-likeness (QED) is 0.373. The number of carbonyl (C=O) groups is 1. The summed E-state index contributed by atoms with van der Waals surface area (Å²) in [4.78, 5) is 45.9. The number of piperidine rings is 1. The standard InChI is InChI=1S/C33H39FN6O4/c1-3-39-21-26(32(42)40(33(39)43)24-9-5-4-6-10-24)31(41)37-23-12-13-29(27(34)20-23)44-28-14-17-36-30(35)25(28)11-7-8-22-15-18-38(2)19-16-22/h12-14,17,20-22,24H,3-6,8-10,15-16,18-19H2,1-2H3,(H2,35,36)(H,37,41). The molecule has 11 heteroatoms. The van der Waals surface area contributed by atoms with Gasteiger partial charge in [0.15, 0.2) is 11.6 Å². The first-order valence-electron chi connectivity index (χ1n) is 15.3. The molecule has 5 rings (SSSR count). The number of aromatic nitrogens is 3. The van der Waals surface area contributed by atoms with E-state index in [0.29, 0.717) is 30.9 Å². The summed E-state index contributed by atoms with van der Waals surface area (Å²) in [5.41, 5.74) is 5.38. The molecule has 0 radical (unpaired) electrons. The van der Waals surface area contributed by atoms with Crippen LogP contribution in [0.4, 0.5) is 15.9 Å². The van der Waals surface area contributed by atoms with Gasteiger partial charge in [0.1, 0.15) is 22.7 Å². The van der Waals surface area contributed by atoms with Crippen LogP contribution in [0.1, 0.15) is 80.3 Å². The molecule has 0 unspecified atom stereocenters. The van der Waals surface area contributed by atoms with Crippen molar-refractivity contribution < 1.29 is 13.9 Å². The Balaban J connectivity index is 1.32. The highest BCUT2D eigenvalue weighted by Crippen LogP contribution is 2.31. The lowest BCUT2D eigenvalue weighted by atomic mass is 9.94. The molecule has 1 aliphatic carbocycles. The fourth-order valence-corrected chi connectivity index (χ4v) is 5.86. The lowest BCUT2D eigenvalue weighted by Crippen LogP contribution is -2.45. The summed E-state index contributed by atoms with van der Waals surface area (Å²) in [5, 5.41) is 2.60. The Hall–Kier alpha value is -4.43. The van der Waals surface area contributed by atoms with Gasteiger partial charge in [-0.2, -0.15) is 0 Å². The zero-order valence-electron chi connectivity index (χ0n) is 25.3. The number of rotatable bonds is 7. The number of aryl methyl sites for hydroxylation is 1. The van der Waals surface area contributed by atoms with E-state index in [1.165, 1.54) is 33.7 Å². The second-order valence-corrected chi connectivity index (χ2v) is 11.6. The summed E-state index contributed by atoms with van der Waals surface area (Å²) in [6.07, 6.45) is 9.97. The van der Waals surface area contributed by atoms with Crippen LogP contribution in [0.2, 0.25) is 0 Å². The third-order valence-corrected chi connectivity index (χ3v) is 8.51. The lowest BCUT2D eigenvalue weighted by molar-refractivity contribution is 0.102. The average Bonchev–Trinajstić information content (AvgIpc) is 3.01. The fraction of sp³-hybridized carbons (Fsp3) is 0.455. The number of nitrogens with two attached hydrogens (primary N) is 1. The molecule has 1 aromatic carbocycles. The van der Waals surface area contributed by atoms with Crippen molar-refractivity contribution in [1.29, 1.82) is 0 Å². The van der Waals surface area contributed by atoms with Gasteiger partial charge in [-0.1, -0.05) is 31.1 Å². The highest BCUT2D eigenvalue weighted by molar-refractivity contribution is 6.03. The molecule has 2 aromatic heterocycles. The maximum absolute atomic E-state index is 15.2. The predicted molar refractivity (Wildman–Crippen MR) is 168 cm³/mol. The number of hydrogen-bond acceptors (Lipinski definition) is 7. The van der Waals surface area contributed by atoms with E-state index in [2.05, 4.69) is 34.1 Å². The van der Waals surface area contributed by atoms with Gasteiger partial charge in [-0.15, -0.1) is 0 Å². The van der Waals surface area contributed by atoms with Crippen molar-refractivity contribution in [2.45, 2.75) is 70.9 Å². The summed E-state index contributed by atoms with van der Waals surface area (Å²) >= 11 is 0. The molecule has 3 N–H and O–H groups in total. The average molecular weight is 603 g/mol. The molecule has 3 heterocycles. The van der Waals surface area contributed by atoms with Gasteiger partial charge in [0.2, 0.25) is 0 Å². The van der Waals surface area contributed by atoms with Crippen LogP contribution in [0, 0.1) is 23.6 Å². The number of halogens is 1. The van der Waals surface area contributed by atoms with Crippen LogP contribution in [-0.4, -0.2) is 45.1 Å². The number of ether oxygens (including phenoxy) is 1. The van der Waals surface area contributed by atoms with E-state index in [1.807, 2.05) is 0 Å². The number of amides is 1. The molecule has 0 bridgehead atoms. The molecule has 0 spiro atoms. The van der Waals surface area contributed by atoms with Crippen LogP contribution in [-0.2, 0) is 6.54 Å². The molecule has 2 fully saturated rings. The van der Waals surface area contributed by atoms with Crippen LogP contribution < -0.4 is 27.0 Å².